The topological polar surface area (TPSA) is 20.3 Å². The number of para-hydroxylation sites is 1. The van der Waals surface area contributed by atoms with Gasteiger partial charge in [-0.25, -0.2) is 0 Å². The van der Waals surface area contributed by atoms with Gasteiger partial charge in [-0.1, -0.05) is 43.5 Å². The third-order valence-corrected chi connectivity index (χ3v) is 1.80. The number of carbonyl (C=O) groups excluding carboxylic acids is 1. The van der Waals surface area contributed by atoms with Gasteiger partial charge in [-0.15, -0.1) is 5.12 Å². The van der Waals surface area contributed by atoms with E-state index in [9.17, 15) is 9.28 Å². The number of amides is 1. The summed E-state index contributed by atoms with van der Waals surface area (Å²) in [5.41, 5.74) is -0.433. The molecule has 0 fully saturated rings. The van der Waals surface area contributed by atoms with Gasteiger partial charge in [0.15, 0.2) is 0 Å². The summed E-state index contributed by atoms with van der Waals surface area (Å²) in [6.45, 7) is 5.06. The SMILES string of the molecule is CC(C)(C)C(=O)N(F)c1ccccc1. The van der Waals surface area contributed by atoms with E-state index >= 15 is 0 Å². The second-order valence-corrected chi connectivity index (χ2v) is 4.17. The molecule has 0 atom stereocenters. The molecule has 0 saturated carbocycles. The molecule has 0 heterocycles. The van der Waals surface area contributed by atoms with Crippen LogP contribution >= 0.6 is 0 Å². The lowest BCUT2D eigenvalue weighted by molar-refractivity contribution is -0.128. The molecule has 2 nitrogen and oxygen atoms in total. The number of nitrogens with zero attached hydrogens (tertiary/aromatic N) is 1. The molecule has 0 aliphatic carbocycles. The van der Waals surface area contributed by atoms with E-state index in [0.717, 1.165) is 0 Å². The summed E-state index contributed by atoms with van der Waals surface area (Å²) >= 11 is 0. The third-order valence-electron chi connectivity index (χ3n) is 1.80. The number of carbonyl (C=O) groups is 1. The van der Waals surface area contributed by atoms with Crippen molar-refractivity contribution in [3.05, 3.63) is 30.3 Å². The zero-order chi connectivity index (χ0) is 10.8. The predicted molar refractivity (Wildman–Crippen MR) is 54.5 cm³/mol. The molecule has 1 aromatic carbocycles. The van der Waals surface area contributed by atoms with Crippen LogP contribution in [0.4, 0.5) is 10.2 Å². The number of hydrogen-bond acceptors (Lipinski definition) is 1. The minimum absolute atomic E-state index is 0.194. The lowest BCUT2D eigenvalue weighted by atomic mass is 9.95. The van der Waals surface area contributed by atoms with E-state index in [-0.39, 0.29) is 10.8 Å². The molecular formula is C11H14FNO. The summed E-state index contributed by atoms with van der Waals surface area (Å²) in [4.78, 5) is 11.5. The average Bonchev–Trinajstić information content (AvgIpc) is 2.15. The fourth-order valence-electron chi connectivity index (χ4n) is 0.971. The van der Waals surface area contributed by atoms with Crippen LogP contribution in [0.2, 0.25) is 0 Å². The van der Waals surface area contributed by atoms with Gasteiger partial charge < -0.3 is 0 Å². The van der Waals surface area contributed by atoms with E-state index < -0.39 is 11.3 Å². The van der Waals surface area contributed by atoms with E-state index in [1.165, 1.54) is 0 Å². The first-order valence-electron chi connectivity index (χ1n) is 4.48. The Labute approximate surface area is 83.3 Å². The molecule has 1 aromatic rings. The summed E-state index contributed by atoms with van der Waals surface area (Å²) in [5, 5.41) is 0.194. The Morgan fingerprint density at radius 1 is 1.21 bits per heavy atom. The predicted octanol–water partition coefficient (Wildman–Crippen LogP) is 2.95. The fourth-order valence-corrected chi connectivity index (χ4v) is 0.971. The van der Waals surface area contributed by atoms with Gasteiger partial charge in [0.25, 0.3) is 5.91 Å². The zero-order valence-electron chi connectivity index (χ0n) is 8.62. The maximum Gasteiger partial charge on any atom is 0.260 e. The lowest BCUT2D eigenvalue weighted by Gasteiger charge is -2.21. The van der Waals surface area contributed by atoms with Crippen molar-refractivity contribution in [2.24, 2.45) is 5.41 Å². The number of anilines is 1. The maximum atomic E-state index is 13.5. The van der Waals surface area contributed by atoms with Crippen LogP contribution in [0, 0.1) is 5.41 Å². The summed E-state index contributed by atoms with van der Waals surface area (Å²) in [6.07, 6.45) is 0. The molecule has 1 amide bonds. The Morgan fingerprint density at radius 3 is 2.14 bits per heavy atom. The molecule has 0 saturated heterocycles. The van der Waals surface area contributed by atoms with Crippen molar-refractivity contribution in [1.82, 2.24) is 0 Å². The molecule has 0 N–H and O–H groups in total. The van der Waals surface area contributed by atoms with Gasteiger partial charge in [-0.3, -0.25) is 4.79 Å². The summed E-state index contributed by atoms with van der Waals surface area (Å²) < 4.78 is 13.5. The van der Waals surface area contributed by atoms with Crippen LogP contribution in [-0.2, 0) is 4.79 Å². The van der Waals surface area contributed by atoms with Gasteiger partial charge >= 0.3 is 0 Å². The van der Waals surface area contributed by atoms with Gasteiger partial charge in [-0.2, -0.15) is 0 Å². The first kappa shape index (κ1) is 10.7. The van der Waals surface area contributed by atoms with Crippen molar-refractivity contribution in [2.45, 2.75) is 20.8 Å². The minimum atomic E-state index is -0.704. The highest BCUT2D eigenvalue weighted by Crippen LogP contribution is 2.23. The highest BCUT2D eigenvalue weighted by molar-refractivity contribution is 5.94. The molecule has 0 spiro atoms. The van der Waals surface area contributed by atoms with Crippen LogP contribution in [0.1, 0.15) is 20.8 Å². The fraction of sp³-hybridized carbons (Fsp3) is 0.364. The van der Waals surface area contributed by atoms with Gasteiger partial charge in [-0.05, 0) is 12.1 Å². The standard InChI is InChI=1S/C11H14FNO/c1-11(2,3)10(14)13(12)9-7-5-4-6-8-9/h4-8H,1-3H3. The van der Waals surface area contributed by atoms with E-state index in [0.29, 0.717) is 0 Å². The molecular weight excluding hydrogens is 181 g/mol. The Balaban J connectivity index is 2.87. The van der Waals surface area contributed by atoms with Crippen molar-refractivity contribution in [3.63, 3.8) is 0 Å². The van der Waals surface area contributed by atoms with E-state index in [4.69, 9.17) is 0 Å². The van der Waals surface area contributed by atoms with E-state index in [2.05, 4.69) is 0 Å². The van der Waals surface area contributed by atoms with E-state index in [1.807, 2.05) is 0 Å². The van der Waals surface area contributed by atoms with Crippen LogP contribution in [0.25, 0.3) is 0 Å². The number of hydrogen-bond donors (Lipinski definition) is 0. The lowest BCUT2D eigenvalue weighted by Crippen LogP contribution is -2.33. The first-order valence-corrected chi connectivity index (χ1v) is 4.48. The Kier molecular flexibility index (Phi) is 2.89. The second-order valence-electron chi connectivity index (χ2n) is 4.17. The van der Waals surface area contributed by atoms with Crippen molar-refractivity contribution in [2.75, 3.05) is 5.12 Å². The van der Waals surface area contributed by atoms with Crippen molar-refractivity contribution < 1.29 is 9.28 Å². The van der Waals surface area contributed by atoms with Gasteiger partial charge in [0, 0.05) is 5.41 Å². The van der Waals surface area contributed by atoms with Crippen LogP contribution < -0.4 is 5.12 Å². The molecule has 76 valence electrons. The highest BCUT2D eigenvalue weighted by Gasteiger charge is 2.28. The number of rotatable bonds is 1. The van der Waals surface area contributed by atoms with Crippen molar-refractivity contribution in [3.8, 4) is 0 Å². The third kappa shape index (κ3) is 2.31. The molecule has 0 bridgehead atoms. The molecule has 0 unspecified atom stereocenters. The zero-order valence-corrected chi connectivity index (χ0v) is 8.62. The van der Waals surface area contributed by atoms with Crippen LogP contribution in [0.3, 0.4) is 0 Å². The minimum Gasteiger partial charge on any atom is -0.271 e. The Morgan fingerprint density at radius 2 is 1.71 bits per heavy atom. The van der Waals surface area contributed by atoms with Gasteiger partial charge in [0.1, 0.15) is 0 Å². The first-order chi connectivity index (χ1) is 6.43. The second kappa shape index (κ2) is 3.78. The normalized spacial score (nSPS) is 11.1. The summed E-state index contributed by atoms with van der Waals surface area (Å²) in [6, 6.07) is 8.28. The Bertz CT molecular complexity index is 316. The highest BCUT2D eigenvalue weighted by atomic mass is 19.2. The summed E-state index contributed by atoms with van der Waals surface area (Å²) in [7, 11) is 0. The van der Waals surface area contributed by atoms with Gasteiger partial charge in [0.2, 0.25) is 0 Å². The maximum absolute atomic E-state index is 13.5. The van der Waals surface area contributed by atoms with Crippen molar-refractivity contribution in [1.29, 1.82) is 0 Å². The van der Waals surface area contributed by atoms with E-state index in [1.54, 1.807) is 51.1 Å². The summed E-state index contributed by atoms with van der Waals surface area (Å²) in [5.74, 6) is -0.538. The number of halogens is 1. The van der Waals surface area contributed by atoms with Crippen LogP contribution in [-0.4, -0.2) is 5.91 Å². The van der Waals surface area contributed by atoms with Crippen LogP contribution in [0.15, 0.2) is 30.3 Å². The number of benzene rings is 1. The van der Waals surface area contributed by atoms with Crippen LogP contribution in [0.5, 0.6) is 0 Å². The average molecular weight is 195 g/mol. The smallest absolute Gasteiger partial charge is 0.260 e. The monoisotopic (exact) mass is 195 g/mol. The molecule has 14 heavy (non-hydrogen) atoms. The van der Waals surface area contributed by atoms with Crippen molar-refractivity contribution >= 4 is 11.6 Å². The molecule has 0 aromatic heterocycles. The molecule has 3 heteroatoms. The largest absolute Gasteiger partial charge is 0.271 e. The molecule has 0 aliphatic rings. The molecule has 0 radical (unpaired) electrons. The molecule has 1 rings (SSSR count). The van der Waals surface area contributed by atoms with Gasteiger partial charge in [0.05, 0.1) is 5.69 Å². The Hall–Kier alpha value is -1.38. The molecule has 0 aliphatic heterocycles. The quantitative estimate of drug-likeness (QED) is 0.631.